The number of hydrogen-bond acceptors (Lipinski definition) is 6. The van der Waals surface area contributed by atoms with Gasteiger partial charge in [0.1, 0.15) is 22.8 Å². The number of ether oxygens (including phenoxy) is 2. The Morgan fingerprint density at radius 2 is 2.00 bits per heavy atom. The van der Waals surface area contributed by atoms with Gasteiger partial charge in [-0.3, -0.25) is 0 Å². The van der Waals surface area contributed by atoms with E-state index >= 15 is 0 Å². The second kappa shape index (κ2) is 5.59. The van der Waals surface area contributed by atoms with Crippen LogP contribution in [0.5, 0.6) is 11.6 Å². The summed E-state index contributed by atoms with van der Waals surface area (Å²) >= 11 is 1.44. The summed E-state index contributed by atoms with van der Waals surface area (Å²) < 4.78 is 10.2. The molecule has 0 aliphatic carbocycles. The zero-order chi connectivity index (χ0) is 13.0. The molecule has 0 radical (unpaired) electrons. The number of hydrogen-bond donors (Lipinski definition) is 1. The highest BCUT2D eigenvalue weighted by atomic mass is 32.2. The van der Waals surface area contributed by atoms with Gasteiger partial charge in [0.2, 0.25) is 5.88 Å². The lowest BCUT2D eigenvalue weighted by Crippen LogP contribution is -1.99. The third-order valence-electron chi connectivity index (χ3n) is 2.26. The number of aromatic nitrogens is 2. The quantitative estimate of drug-likeness (QED) is 0.853. The zero-order valence-corrected chi connectivity index (χ0v) is 10.9. The third-order valence-corrected chi connectivity index (χ3v) is 3.27. The Morgan fingerprint density at radius 3 is 2.72 bits per heavy atom. The second-order valence-corrected chi connectivity index (χ2v) is 4.45. The molecule has 1 aromatic carbocycles. The molecule has 1 aromatic heterocycles. The van der Waals surface area contributed by atoms with Crippen molar-refractivity contribution in [3.63, 3.8) is 0 Å². The summed E-state index contributed by atoms with van der Waals surface area (Å²) in [5.74, 6) is 1.18. The maximum Gasteiger partial charge on any atom is 0.241 e. The van der Waals surface area contributed by atoms with Gasteiger partial charge in [-0.25, -0.2) is 4.98 Å². The van der Waals surface area contributed by atoms with Crippen LogP contribution in [0.3, 0.4) is 0 Å². The molecular formula is C12H13N3O2S. The molecule has 1 heterocycles. The molecule has 18 heavy (non-hydrogen) atoms. The SMILES string of the molecule is COc1cccc(Sc2ncnc(OC)c2N)c1. The topological polar surface area (TPSA) is 70.3 Å². The lowest BCUT2D eigenvalue weighted by molar-refractivity contribution is 0.397. The van der Waals surface area contributed by atoms with E-state index in [1.807, 2.05) is 24.3 Å². The molecule has 0 aliphatic rings. The molecule has 0 saturated carbocycles. The van der Waals surface area contributed by atoms with Gasteiger partial charge in [-0.2, -0.15) is 4.98 Å². The van der Waals surface area contributed by atoms with Crippen molar-refractivity contribution in [1.82, 2.24) is 9.97 Å². The predicted molar refractivity (Wildman–Crippen MR) is 70.1 cm³/mol. The molecule has 2 aromatic rings. The first kappa shape index (κ1) is 12.5. The Bertz CT molecular complexity index is 549. The predicted octanol–water partition coefficient (Wildman–Crippen LogP) is 2.23. The Hall–Kier alpha value is -1.95. The van der Waals surface area contributed by atoms with E-state index in [2.05, 4.69) is 9.97 Å². The molecule has 0 atom stereocenters. The Morgan fingerprint density at radius 1 is 1.17 bits per heavy atom. The number of rotatable bonds is 4. The highest BCUT2D eigenvalue weighted by Gasteiger charge is 2.10. The monoisotopic (exact) mass is 263 g/mol. The number of anilines is 1. The van der Waals surface area contributed by atoms with Crippen molar-refractivity contribution < 1.29 is 9.47 Å². The molecule has 2 rings (SSSR count). The first-order valence-electron chi connectivity index (χ1n) is 5.21. The van der Waals surface area contributed by atoms with Crippen LogP contribution in [-0.2, 0) is 0 Å². The van der Waals surface area contributed by atoms with Crippen LogP contribution < -0.4 is 15.2 Å². The molecule has 2 N–H and O–H groups in total. The number of methoxy groups -OCH3 is 2. The van der Waals surface area contributed by atoms with Gasteiger partial charge in [0.25, 0.3) is 0 Å². The van der Waals surface area contributed by atoms with Gasteiger partial charge in [-0.15, -0.1) is 0 Å². The van der Waals surface area contributed by atoms with Crippen molar-refractivity contribution in [2.75, 3.05) is 20.0 Å². The van der Waals surface area contributed by atoms with E-state index in [0.717, 1.165) is 10.6 Å². The first-order chi connectivity index (χ1) is 8.74. The van der Waals surface area contributed by atoms with Crippen molar-refractivity contribution in [3.05, 3.63) is 30.6 Å². The van der Waals surface area contributed by atoms with Crippen molar-refractivity contribution >= 4 is 17.4 Å². The molecule has 0 spiro atoms. The molecule has 0 saturated heterocycles. The van der Waals surface area contributed by atoms with Crippen molar-refractivity contribution in [2.24, 2.45) is 0 Å². The normalized spacial score (nSPS) is 10.1. The minimum absolute atomic E-state index is 0.385. The van der Waals surface area contributed by atoms with Crippen LogP contribution in [0.25, 0.3) is 0 Å². The smallest absolute Gasteiger partial charge is 0.241 e. The third kappa shape index (κ3) is 2.65. The van der Waals surface area contributed by atoms with Crippen molar-refractivity contribution in [1.29, 1.82) is 0 Å². The van der Waals surface area contributed by atoms with Gasteiger partial charge in [0.15, 0.2) is 0 Å². The molecule has 94 valence electrons. The van der Waals surface area contributed by atoms with E-state index in [1.54, 1.807) is 7.11 Å². The van der Waals surface area contributed by atoms with E-state index in [9.17, 15) is 0 Å². The van der Waals surface area contributed by atoms with Gasteiger partial charge in [-0.05, 0) is 18.2 Å². The average Bonchev–Trinajstić information content (AvgIpc) is 2.41. The summed E-state index contributed by atoms with van der Waals surface area (Å²) in [6.07, 6.45) is 1.43. The molecule has 0 bridgehead atoms. The highest BCUT2D eigenvalue weighted by molar-refractivity contribution is 7.99. The van der Waals surface area contributed by atoms with Gasteiger partial charge in [-0.1, -0.05) is 17.8 Å². The molecule has 5 nitrogen and oxygen atoms in total. The van der Waals surface area contributed by atoms with Crippen LogP contribution in [0.15, 0.2) is 40.5 Å². The summed E-state index contributed by atoms with van der Waals surface area (Å²) in [6.45, 7) is 0. The first-order valence-corrected chi connectivity index (χ1v) is 6.02. The maximum atomic E-state index is 5.91. The standard InChI is InChI=1S/C12H13N3O2S/c1-16-8-4-3-5-9(6-8)18-12-10(13)11(17-2)14-7-15-12/h3-7H,13H2,1-2H3. The minimum Gasteiger partial charge on any atom is -0.497 e. The van der Waals surface area contributed by atoms with Crippen molar-refractivity contribution in [2.45, 2.75) is 9.92 Å². The largest absolute Gasteiger partial charge is 0.497 e. The van der Waals surface area contributed by atoms with E-state index in [-0.39, 0.29) is 0 Å². The van der Waals surface area contributed by atoms with Gasteiger partial charge >= 0.3 is 0 Å². The number of nitrogen functional groups attached to an aromatic ring is 1. The van der Waals surface area contributed by atoms with Crippen LogP contribution in [0.2, 0.25) is 0 Å². The molecule has 0 unspecified atom stereocenters. The fourth-order valence-corrected chi connectivity index (χ4v) is 2.23. The lowest BCUT2D eigenvalue weighted by Gasteiger charge is -2.08. The Labute approximate surface area is 109 Å². The van der Waals surface area contributed by atoms with Gasteiger partial charge in [0.05, 0.1) is 14.2 Å². The van der Waals surface area contributed by atoms with E-state index in [4.69, 9.17) is 15.2 Å². The number of nitrogens with zero attached hydrogens (tertiary/aromatic N) is 2. The van der Waals surface area contributed by atoms with Crippen LogP contribution >= 0.6 is 11.8 Å². The summed E-state index contributed by atoms with van der Waals surface area (Å²) in [4.78, 5) is 9.07. The van der Waals surface area contributed by atoms with Crippen LogP contribution in [0.4, 0.5) is 5.69 Å². The van der Waals surface area contributed by atoms with E-state index < -0.39 is 0 Å². The van der Waals surface area contributed by atoms with Crippen LogP contribution in [0, 0.1) is 0 Å². The second-order valence-electron chi connectivity index (χ2n) is 3.38. The van der Waals surface area contributed by atoms with Gasteiger partial charge in [0, 0.05) is 4.90 Å². The Kier molecular flexibility index (Phi) is 3.88. The maximum absolute atomic E-state index is 5.91. The van der Waals surface area contributed by atoms with Crippen molar-refractivity contribution in [3.8, 4) is 11.6 Å². The summed E-state index contributed by atoms with van der Waals surface area (Å²) in [7, 11) is 3.16. The fourth-order valence-electron chi connectivity index (χ4n) is 1.38. The highest BCUT2D eigenvalue weighted by Crippen LogP contribution is 2.34. The molecular weight excluding hydrogens is 250 g/mol. The lowest BCUT2D eigenvalue weighted by atomic mass is 10.3. The number of nitrogens with two attached hydrogens (primary N) is 1. The van der Waals surface area contributed by atoms with E-state index in [0.29, 0.717) is 16.6 Å². The summed E-state index contributed by atoms with van der Waals surface area (Å²) in [5, 5.41) is 0.662. The number of benzene rings is 1. The summed E-state index contributed by atoms with van der Waals surface area (Å²) in [6, 6.07) is 7.67. The molecule has 0 aliphatic heterocycles. The molecule has 0 amide bonds. The fraction of sp³-hybridized carbons (Fsp3) is 0.167. The Balaban J connectivity index is 2.28. The zero-order valence-electron chi connectivity index (χ0n) is 10.1. The van der Waals surface area contributed by atoms with Gasteiger partial charge < -0.3 is 15.2 Å². The van der Waals surface area contributed by atoms with E-state index in [1.165, 1.54) is 25.2 Å². The summed E-state index contributed by atoms with van der Waals surface area (Å²) in [5.41, 5.74) is 6.35. The van der Waals surface area contributed by atoms with Crippen LogP contribution in [-0.4, -0.2) is 24.2 Å². The average molecular weight is 263 g/mol. The molecule has 0 fully saturated rings. The minimum atomic E-state index is 0.385. The van der Waals surface area contributed by atoms with Crippen LogP contribution in [0.1, 0.15) is 0 Å². The molecule has 6 heteroatoms.